The molecule has 0 N–H and O–H groups in total. The molecular weight excluding hydrogens is 272 g/mol. The number of rotatable bonds is 2. The van der Waals surface area contributed by atoms with Gasteiger partial charge in [-0.2, -0.15) is 0 Å². The third-order valence-electron chi connectivity index (χ3n) is 4.26. The van der Waals surface area contributed by atoms with Crippen LogP contribution in [0, 0.1) is 10.1 Å². The summed E-state index contributed by atoms with van der Waals surface area (Å²) in [6.45, 7) is 1.65. The van der Waals surface area contributed by atoms with Crippen LogP contribution in [0.3, 0.4) is 0 Å². The van der Waals surface area contributed by atoms with E-state index in [9.17, 15) is 14.9 Å². The van der Waals surface area contributed by atoms with Gasteiger partial charge in [0.1, 0.15) is 5.69 Å². The van der Waals surface area contributed by atoms with Crippen LogP contribution in [0.4, 0.5) is 11.4 Å². The molecule has 112 valence electrons. The zero-order chi connectivity index (χ0) is 15.1. The molecule has 7 heteroatoms. The van der Waals surface area contributed by atoms with Crippen LogP contribution < -0.4 is 10.6 Å². The number of aromatic nitrogens is 2. The second kappa shape index (κ2) is 4.91. The highest BCUT2D eigenvalue weighted by Crippen LogP contribution is 2.34. The van der Waals surface area contributed by atoms with Gasteiger partial charge in [0.05, 0.1) is 16.0 Å². The molecule has 21 heavy (non-hydrogen) atoms. The molecule has 0 atom stereocenters. The minimum Gasteiger partial charge on any atom is -0.366 e. The van der Waals surface area contributed by atoms with E-state index in [1.807, 2.05) is 0 Å². The lowest BCUT2D eigenvalue weighted by Crippen LogP contribution is -2.30. The summed E-state index contributed by atoms with van der Waals surface area (Å²) in [5, 5.41) is 11.4. The topological polar surface area (TPSA) is 73.3 Å². The SMILES string of the molecule is Cn1c(=O)n(C)c2cc([N+](=O)[O-])c(N3CCCCC3)cc21. The first-order chi connectivity index (χ1) is 10.0. The lowest BCUT2D eigenvalue weighted by Gasteiger charge is -2.28. The van der Waals surface area contributed by atoms with Crippen molar-refractivity contribution < 1.29 is 4.92 Å². The largest absolute Gasteiger partial charge is 0.366 e. The van der Waals surface area contributed by atoms with E-state index in [1.54, 1.807) is 20.2 Å². The molecule has 2 aromatic rings. The van der Waals surface area contributed by atoms with E-state index in [0.717, 1.165) is 37.9 Å². The lowest BCUT2D eigenvalue weighted by molar-refractivity contribution is -0.384. The zero-order valence-corrected chi connectivity index (χ0v) is 12.2. The smallest absolute Gasteiger partial charge is 0.328 e. The summed E-state index contributed by atoms with van der Waals surface area (Å²) in [6.07, 6.45) is 3.25. The molecule has 0 saturated carbocycles. The van der Waals surface area contributed by atoms with Gasteiger partial charge in [-0.1, -0.05) is 0 Å². The van der Waals surface area contributed by atoms with Crippen molar-refractivity contribution in [1.29, 1.82) is 0 Å². The van der Waals surface area contributed by atoms with Crippen molar-refractivity contribution in [3.05, 3.63) is 32.7 Å². The second-order valence-corrected chi connectivity index (χ2v) is 5.54. The number of nitrogens with zero attached hydrogens (tertiary/aromatic N) is 4. The number of imidazole rings is 1. The fraction of sp³-hybridized carbons (Fsp3) is 0.500. The molecule has 0 radical (unpaired) electrons. The van der Waals surface area contributed by atoms with Gasteiger partial charge < -0.3 is 4.90 Å². The minimum absolute atomic E-state index is 0.0746. The molecule has 0 amide bonds. The highest BCUT2D eigenvalue weighted by molar-refractivity contribution is 5.86. The predicted molar refractivity (Wildman–Crippen MR) is 80.9 cm³/mol. The van der Waals surface area contributed by atoms with Gasteiger partial charge >= 0.3 is 5.69 Å². The maximum Gasteiger partial charge on any atom is 0.328 e. The number of nitro benzene ring substituents is 1. The predicted octanol–water partition coefficient (Wildman–Crippen LogP) is 1.78. The summed E-state index contributed by atoms with van der Waals surface area (Å²) < 4.78 is 2.98. The fourth-order valence-corrected chi connectivity index (χ4v) is 3.06. The minimum atomic E-state index is -0.360. The third-order valence-corrected chi connectivity index (χ3v) is 4.26. The molecule has 1 saturated heterocycles. The van der Waals surface area contributed by atoms with Gasteiger partial charge in [-0.3, -0.25) is 19.2 Å². The van der Waals surface area contributed by atoms with Gasteiger partial charge in [0.15, 0.2) is 0 Å². The van der Waals surface area contributed by atoms with E-state index in [4.69, 9.17) is 0 Å². The second-order valence-electron chi connectivity index (χ2n) is 5.54. The fourth-order valence-electron chi connectivity index (χ4n) is 3.06. The van der Waals surface area contributed by atoms with E-state index in [-0.39, 0.29) is 16.3 Å². The van der Waals surface area contributed by atoms with Gasteiger partial charge in [-0.05, 0) is 25.3 Å². The van der Waals surface area contributed by atoms with Gasteiger partial charge in [-0.15, -0.1) is 0 Å². The number of hydrogen-bond acceptors (Lipinski definition) is 4. The molecule has 0 unspecified atom stereocenters. The molecule has 1 aliphatic rings. The van der Waals surface area contributed by atoms with Crippen LogP contribution in [-0.2, 0) is 14.1 Å². The van der Waals surface area contributed by atoms with Gasteiger partial charge in [0, 0.05) is 33.3 Å². The average molecular weight is 290 g/mol. The molecule has 7 nitrogen and oxygen atoms in total. The maximum absolute atomic E-state index is 12.0. The maximum atomic E-state index is 12.0. The molecule has 1 aromatic carbocycles. The molecule has 0 bridgehead atoms. The summed E-state index contributed by atoms with van der Waals surface area (Å²) in [5.74, 6) is 0. The molecule has 1 aromatic heterocycles. The standard InChI is InChI=1S/C14H18N4O3/c1-15-10-8-12(17-6-4-3-5-7-17)13(18(20)21)9-11(10)16(2)14(15)19/h8-9H,3-7H2,1-2H3. The normalized spacial score (nSPS) is 15.6. The number of piperidine rings is 1. The Labute approximate surface area is 121 Å². The van der Waals surface area contributed by atoms with Crippen molar-refractivity contribution in [2.75, 3.05) is 18.0 Å². The highest BCUT2D eigenvalue weighted by Gasteiger charge is 2.24. The molecule has 3 rings (SSSR count). The van der Waals surface area contributed by atoms with Crippen molar-refractivity contribution in [2.45, 2.75) is 19.3 Å². The number of benzene rings is 1. The molecule has 0 aliphatic carbocycles. The van der Waals surface area contributed by atoms with Crippen LogP contribution in [0.1, 0.15) is 19.3 Å². The Morgan fingerprint density at radius 3 is 2.19 bits per heavy atom. The zero-order valence-electron chi connectivity index (χ0n) is 12.2. The Balaban J connectivity index is 2.26. The first-order valence-electron chi connectivity index (χ1n) is 7.09. The van der Waals surface area contributed by atoms with E-state index in [0.29, 0.717) is 11.2 Å². The van der Waals surface area contributed by atoms with E-state index >= 15 is 0 Å². The van der Waals surface area contributed by atoms with E-state index in [1.165, 1.54) is 15.2 Å². The Kier molecular flexibility index (Phi) is 3.19. The van der Waals surface area contributed by atoms with Gasteiger partial charge in [0.25, 0.3) is 5.69 Å². The Morgan fingerprint density at radius 1 is 1.05 bits per heavy atom. The number of hydrogen-bond donors (Lipinski definition) is 0. The first kappa shape index (κ1) is 13.7. The Morgan fingerprint density at radius 2 is 1.62 bits per heavy atom. The Bertz CT molecular complexity index is 769. The summed E-state index contributed by atoms with van der Waals surface area (Å²) in [5.41, 5.74) is 1.85. The van der Waals surface area contributed by atoms with Crippen molar-refractivity contribution in [1.82, 2.24) is 9.13 Å². The molecular formula is C14H18N4O3. The quantitative estimate of drug-likeness (QED) is 0.624. The van der Waals surface area contributed by atoms with Crippen molar-refractivity contribution in [3.8, 4) is 0 Å². The monoisotopic (exact) mass is 290 g/mol. The average Bonchev–Trinajstić information content (AvgIpc) is 2.71. The van der Waals surface area contributed by atoms with Crippen LogP contribution in [0.5, 0.6) is 0 Å². The Hall–Kier alpha value is -2.31. The van der Waals surface area contributed by atoms with Crippen LogP contribution in [0.2, 0.25) is 0 Å². The van der Waals surface area contributed by atoms with E-state index < -0.39 is 0 Å². The number of anilines is 1. The molecule has 1 fully saturated rings. The first-order valence-corrected chi connectivity index (χ1v) is 7.09. The number of fused-ring (bicyclic) bond motifs is 1. The van der Waals surface area contributed by atoms with Crippen molar-refractivity contribution in [2.24, 2.45) is 14.1 Å². The lowest BCUT2D eigenvalue weighted by atomic mass is 10.1. The summed E-state index contributed by atoms with van der Waals surface area (Å²) in [4.78, 5) is 25.1. The third kappa shape index (κ3) is 2.09. The summed E-state index contributed by atoms with van der Waals surface area (Å²) in [7, 11) is 3.32. The van der Waals surface area contributed by atoms with Crippen LogP contribution >= 0.6 is 0 Å². The van der Waals surface area contributed by atoms with Gasteiger partial charge in [0.2, 0.25) is 0 Å². The van der Waals surface area contributed by atoms with Gasteiger partial charge in [-0.25, -0.2) is 4.79 Å². The van der Waals surface area contributed by atoms with E-state index in [2.05, 4.69) is 4.90 Å². The van der Waals surface area contributed by atoms with Crippen LogP contribution in [0.25, 0.3) is 11.0 Å². The van der Waals surface area contributed by atoms with Crippen LogP contribution in [0.15, 0.2) is 16.9 Å². The molecule has 2 heterocycles. The number of aryl methyl sites for hydroxylation is 2. The molecule has 0 spiro atoms. The number of nitro groups is 1. The van der Waals surface area contributed by atoms with Crippen molar-refractivity contribution in [3.63, 3.8) is 0 Å². The van der Waals surface area contributed by atoms with Crippen LogP contribution in [-0.4, -0.2) is 27.1 Å². The summed E-state index contributed by atoms with van der Waals surface area (Å²) in [6, 6.07) is 3.29. The molecule has 1 aliphatic heterocycles. The summed E-state index contributed by atoms with van der Waals surface area (Å²) >= 11 is 0. The highest BCUT2D eigenvalue weighted by atomic mass is 16.6. The van der Waals surface area contributed by atoms with Crippen molar-refractivity contribution >= 4 is 22.4 Å².